The van der Waals surface area contributed by atoms with Crippen LogP contribution in [0.3, 0.4) is 0 Å². The van der Waals surface area contributed by atoms with Gasteiger partial charge >= 0.3 is 6.18 Å². The van der Waals surface area contributed by atoms with Gasteiger partial charge in [-0.25, -0.2) is 15.0 Å². The highest BCUT2D eigenvalue weighted by atomic mass is 19.4. The van der Waals surface area contributed by atoms with Crippen LogP contribution in [0.25, 0.3) is 11.1 Å². The Kier molecular flexibility index (Phi) is 4.78. The van der Waals surface area contributed by atoms with Crippen molar-refractivity contribution in [2.75, 3.05) is 23.7 Å². The monoisotopic (exact) mass is 351 g/mol. The number of hydrogen-bond donors (Lipinski definition) is 1. The minimum Gasteiger partial charge on any atom is -0.384 e. The summed E-state index contributed by atoms with van der Waals surface area (Å²) in [5, 5.41) is 0. The molecule has 1 aliphatic heterocycles. The van der Waals surface area contributed by atoms with Crippen molar-refractivity contribution >= 4 is 11.6 Å². The molecule has 3 heterocycles. The molecule has 0 amide bonds. The molecule has 2 aromatic rings. The normalized spacial score (nSPS) is 16.2. The second-order valence-electron chi connectivity index (χ2n) is 6.15. The summed E-state index contributed by atoms with van der Waals surface area (Å²) < 4.78 is 38.7. The van der Waals surface area contributed by atoms with Crippen LogP contribution in [0, 0.1) is 5.92 Å². The maximum absolute atomic E-state index is 12.9. The highest BCUT2D eigenvalue weighted by Gasteiger charge is 2.41. The summed E-state index contributed by atoms with van der Waals surface area (Å²) in [6.45, 7) is 2.62. The fourth-order valence-corrected chi connectivity index (χ4v) is 3.19. The number of nitrogens with zero attached hydrogens (tertiary/aromatic N) is 4. The highest BCUT2D eigenvalue weighted by Crippen LogP contribution is 2.38. The second kappa shape index (κ2) is 6.85. The van der Waals surface area contributed by atoms with Gasteiger partial charge in [0.15, 0.2) is 0 Å². The van der Waals surface area contributed by atoms with Gasteiger partial charge in [-0.15, -0.1) is 0 Å². The number of nitrogen functional groups attached to an aromatic ring is 1. The van der Waals surface area contributed by atoms with Gasteiger partial charge in [0.25, 0.3) is 0 Å². The average Bonchev–Trinajstić information content (AvgIpc) is 2.61. The van der Waals surface area contributed by atoms with Crippen molar-refractivity contribution in [3.05, 3.63) is 30.4 Å². The van der Waals surface area contributed by atoms with Crippen molar-refractivity contribution in [3.8, 4) is 11.1 Å². The van der Waals surface area contributed by atoms with Gasteiger partial charge in [0.05, 0.1) is 11.6 Å². The molecule has 25 heavy (non-hydrogen) atoms. The summed E-state index contributed by atoms with van der Waals surface area (Å²) in [7, 11) is 0. The van der Waals surface area contributed by atoms with Crippen molar-refractivity contribution in [3.63, 3.8) is 0 Å². The largest absolute Gasteiger partial charge is 0.391 e. The van der Waals surface area contributed by atoms with Gasteiger partial charge in [0, 0.05) is 30.4 Å². The summed E-state index contributed by atoms with van der Waals surface area (Å²) in [5.41, 5.74) is 8.14. The molecule has 0 aliphatic carbocycles. The fourth-order valence-electron chi connectivity index (χ4n) is 3.19. The Morgan fingerprint density at radius 2 is 1.88 bits per heavy atom. The Bertz CT molecular complexity index is 722. The molecule has 1 aliphatic rings. The van der Waals surface area contributed by atoms with Gasteiger partial charge < -0.3 is 10.6 Å². The third kappa shape index (κ3) is 3.67. The number of anilines is 2. The predicted molar refractivity (Wildman–Crippen MR) is 90.0 cm³/mol. The van der Waals surface area contributed by atoms with E-state index >= 15 is 0 Å². The van der Waals surface area contributed by atoms with Crippen LogP contribution >= 0.6 is 0 Å². The Morgan fingerprint density at radius 1 is 1.16 bits per heavy atom. The van der Waals surface area contributed by atoms with Crippen LogP contribution in [0.2, 0.25) is 0 Å². The van der Waals surface area contributed by atoms with Gasteiger partial charge in [0.2, 0.25) is 0 Å². The highest BCUT2D eigenvalue weighted by molar-refractivity contribution is 5.78. The molecule has 2 aromatic heterocycles. The first kappa shape index (κ1) is 17.4. The van der Waals surface area contributed by atoms with E-state index in [9.17, 15) is 13.2 Å². The van der Waals surface area contributed by atoms with Crippen LogP contribution in [0.5, 0.6) is 0 Å². The molecule has 3 rings (SSSR count). The lowest BCUT2D eigenvalue weighted by atomic mass is 9.95. The lowest BCUT2D eigenvalue weighted by Gasteiger charge is -2.34. The van der Waals surface area contributed by atoms with Gasteiger partial charge in [-0.3, -0.25) is 0 Å². The second-order valence-corrected chi connectivity index (χ2v) is 6.15. The van der Waals surface area contributed by atoms with E-state index in [2.05, 4.69) is 15.0 Å². The molecular formula is C17H20F3N5. The molecule has 5 nitrogen and oxygen atoms in total. The molecule has 8 heteroatoms. The molecule has 0 atom stereocenters. The molecule has 1 saturated heterocycles. The minimum atomic E-state index is -4.13. The Balaban J connectivity index is 1.93. The number of halogens is 3. The molecule has 1 fully saturated rings. The maximum Gasteiger partial charge on any atom is 0.391 e. The van der Waals surface area contributed by atoms with Gasteiger partial charge in [-0.2, -0.15) is 13.2 Å². The fraction of sp³-hybridized carbons (Fsp3) is 0.471. The Labute approximate surface area is 144 Å². The van der Waals surface area contributed by atoms with E-state index in [1.807, 2.05) is 17.9 Å². The van der Waals surface area contributed by atoms with E-state index in [0.29, 0.717) is 31.1 Å². The first-order chi connectivity index (χ1) is 11.9. The molecule has 0 bridgehead atoms. The number of aromatic nitrogens is 3. The summed E-state index contributed by atoms with van der Waals surface area (Å²) in [5.74, 6) is -0.164. The van der Waals surface area contributed by atoms with E-state index in [1.165, 1.54) is 6.33 Å². The van der Waals surface area contributed by atoms with Crippen LogP contribution in [-0.4, -0.2) is 34.2 Å². The molecule has 0 spiro atoms. The summed E-state index contributed by atoms with van der Waals surface area (Å²) in [6.07, 6.45) is -0.162. The van der Waals surface area contributed by atoms with E-state index in [1.54, 1.807) is 12.3 Å². The number of piperidine rings is 1. The zero-order chi connectivity index (χ0) is 18.0. The molecule has 0 radical (unpaired) electrons. The van der Waals surface area contributed by atoms with Crippen LogP contribution in [-0.2, 0) is 6.42 Å². The van der Waals surface area contributed by atoms with Crippen molar-refractivity contribution in [2.24, 2.45) is 5.92 Å². The van der Waals surface area contributed by atoms with Gasteiger partial charge in [-0.05, 0) is 31.4 Å². The van der Waals surface area contributed by atoms with Crippen molar-refractivity contribution < 1.29 is 13.2 Å². The van der Waals surface area contributed by atoms with Crippen molar-refractivity contribution in [2.45, 2.75) is 32.4 Å². The van der Waals surface area contributed by atoms with Crippen LogP contribution in [0.4, 0.5) is 24.8 Å². The number of aryl methyl sites for hydroxylation is 1. The number of alkyl halides is 3. The van der Waals surface area contributed by atoms with Crippen LogP contribution < -0.4 is 10.6 Å². The molecule has 2 N–H and O–H groups in total. The molecular weight excluding hydrogens is 331 g/mol. The van der Waals surface area contributed by atoms with Crippen LogP contribution in [0.15, 0.2) is 24.7 Å². The zero-order valence-electron chi connectivity index (χ0n) is 13.9. The molecule has 0 aromatic carbocycles. The summed E-state index contributed by atoms with van der Waals surface area (Å²) >= 11 is 0. The maximum atomic E-state index is 12.9. The lowest BCUT2D eigenvalue weighted by Crippen LogP contribution is -2.39. The molecule has 0 unspecified atom stereocenters. The van der Waals surface area contributed by atoms with Gasteiger partial charge in [-0.1, -0.05) is 6.92 Å². The molecule has 134 valence electrons. The lowest BCUT2D eigenvalue weighted by molar-refractivity contribution is -0.179. The summed E-state index contributed by atoms with van der Waals surface area (Å²) in [6, 6.07) is 3.54. The SMILES string of the molecule is CCc1ncnc(N2CCC(C(F)(F)F)CC2)c1-c1ccc(N)nc1. The molecule has 0 saturated carbocycles. The topological polar surface area (TPSA) is 67.9 Å². The zero-order valence-corrected chi connectivity index (χ0v) is 13.9. The predicted octanol–water partition coefficient (Wildman–Crippen LogP) is 3.46. The van der Waals surface area contributed by atoms with E-state index in [4.69, 9.17) is 5.73 Å². The van der Waals surface area contributed by atoms with Gasteiger partial charge in [0.1, 0.15) is 18.0 Å². The smallest absolute Gasteiger partial charge is 0.384 e. The number of hydrogen-bond acceptors (Lipinski definition) is 5. The minimum absolute atomic E-state index is 0.0778. The standard InChI is InChI=1S/C17H20F3N5/c1-2-13-15(11-3-4-14(21)22-9-11)16(24-10-23-13)25-7-5-12(6-8-25)17(18,19)20/h3-4,9-10,12H,2,5-8H2,1H3,(H2,21,22). The van der Waals surface area contributed by atoms with Crippen molar-refractivity contribution in [1.29, 1.82) is 0 Å². The van der Waals surface area contributed by atoms with Crippen molar-refractivity contribution in [1.82, 2.24) is 15.0 Å². The first-order valence-corrected chi connectivity index (χ1v) is 8.27. The number of pyridine rings is 1. The third-order valence-electron chi connectivity index (χ3n) is 4.57. The average molecular weight is 351 g/mol. The Morgan fingerprint density at radius 3 is 2.44 bits per heavy atom. The quantitative estimate of drug-likeness (QED) is 0.917. The van der Waals surface area contributed by atoms with E-state index < -0.39 is 12.1 Å². The first-order valence-electron chi connectivity index (χ1n) is 8.27. The van der Waals surface area contributed by atoms with Crippen LogP contribution in [0.1, 0.15) is 25.5 Å². The van der Waals surface area contributed by atoms with E-state index in [-0.39, 0.29) is 12.8 Å². The number of nitrogens with two attached hydrogens (primary N) is 1. The summed E-state index contributed by atoms with van der Waals surface area (Å²) in [4.78, 5) is 14.7. The van der Waals surface area contributed by atoms with E-state index in [0.717, 1.165) is 16.8 Å². The Hall–Kier alpha value is -2.38. The third-order valence-corrected chi connectivity index (χ3v) is 4.57. The number of rotatable bonds is 3.